The number of anilines is 1. The summed E-state index contributed by atoms with van der Waals surface area (Å²) in [6, 6.07) is 6.45. The maximum atomic E-state index is 6.23. The van der Waals surface area contributed by atoms with Gasteiger partial charge in [0.05, 0.1) is 0 Å². The van der Waals surface area contributed by atoms with Crippen molar-refractivity contribution in [1.82, 2.24) is 4.90 Å². The van der Waals surface area contributed by atoms with E-state index in [1.54, 1.807) is 0 Å². The molecule has 2 N–H and O–H groups in total. The van der Waals surface area contributed by atoms with Crippen molar-refractivity contribution < 1.29 is 0 Å². The monoisotopic (exact) mass is 252 g/mol. The van der Waals surface area contributed by atoms with E-state index in [2.05, 4.69) is 18.7 Å². The standard InChI is InChI=1S/C14H21ClN2/c1-10-4-3-7-17(11(10)2)9-12-5-6-13(16)8-14(12)15/h5-6,8,10-11H,3-4,7,9,16H2,1-2H3. The van der Waals surface area contributed by atoms with Crippen LogP contribution >= 0.6 is 11.6 Å². The first kappa shape index (κ1) is 12.7. The third-order valence-electron chi connectivity index (χ3n) is 3.95. The lowest BCUT2D eigenvalue weighted by atomic mass is 9.92. The van der Waals surface area contributed by atoms with Gasteiger partial charge in [0.25, 0.3) is 0 Å². The van der Waals surface area contributed by atoms with Gasteiger partial charge in [-0.15, -0.1) is 0 Å². The van der Waals surface area contributed by atoms with Crippen molar-refractivity contribution in [1.29, 1.82) is 0 Å². The van der Waals surface area contributed by atoms with Crippen LogP contribution in [0.1, 0.15) is 32.3 Å². The van der Waals surface area contributed by atoms with E-state index in [0.717, 1.165) is 23.2 Å². The van der Waals surface area contributed by atoms with Crippen LogP contribution in [0.3, 0.4) is 0 Å². The second kappa shape index (κ2) is 5.28. The Morgan fingerprint density at radius 1 is 1.41 bits per heavy atom. The zero-order valence-electron chi connectivity index (χ0n) is 10.6. The smallest absolute Gasteiger partial charge is 0.0471 e. The molecule has 0 bridgehead atoms. The number of nitrogen functional groups attached to an aromatic ring is 1. The third kappa shape index (κ3) is 2.93. The van der Waals surface area contributed by atoms with Crippen LogP contribution in [-0.2, 0) is 6.54 Å². The van der Waals surface area contributed by atoms with Crippen LogP contribution < -0.4 is 5.73 Å². The fraction of sp³-hybridized carbons (Fsp3) is 0.571. The SMILES string of the molecule is CC1CCCN(Cc2ccc(N)cc2Cl)C1C. The summed E-state index contributed by atoms with van der Waals surface area (Å²) in [7, 11) is 0. The normalized spacial score (nSPS) is 26.1. The molecule has 2 unspecified atom stereocenters. The van der Waals surface area contributed by atoms with Crippen LogP contribution in [0, 0.1) is 5.92 Å². The molecule has 1 saturated heterocycles. The summed E-state index contributed by atoms with van der Waals surface area (Å²) in [5.74, 6) is 0.774. The molecule has 1 aliphatic rings. The van der Waals surface area contributed by atoms with Crippen LogP contribution in [-0.4, -0.2) is 17.5 Å². The van der Waals surface area contributed by atoms with E-state index >= 15 is 0 Å². The topological polar surface area (TPSA) is 29.3 Å². The van der Waals surface area contributed by atoms with Crippen molar-refractivity contribution in [2.24, 2.45) is 5.92 Å². The molecule has 0 amide bonds. The first-order chi connectivity index (χ1) is 8.08. The molecular formula is C14H21ClN2. The Balaban J connectivity index is 2.09. The highest BCUT2D eigenvalue weighted by atomic mass is 35.5. The predicted octanol–water partition coefficient (Wildman–Crippen LogP) is 3.54. The second-order valence-corrected chi connectivity index (χ2v) is 5.59. The lowest BCUT2D eigenvalue weighted by molar-refractivity contribution is 0.106. The molecular weight excluding hydrogens is 232 g/mol. The summed E-state index contributed by atoms with van der Waals surface area (Å²) in [6.07, 6.45) is 2.63. The lowest BCUT2D eigenvalue weighted by Gasteiger charge is -2.38. The Morgan fingerprint density at radius 2 is 2.18 bits per heavy atom. The molecule has 1 aromatic carbocycles. The molecule has 3 heteroatoms. The quantitative estimate of drug-likeness (QED) is 0.816. The van der Waals surface area contributed by atoms with Crippen molar-refractivity contribution in [2.75, 3.05) is 12.3 Å². The van der Waals surface area contributed by atoms with Gasteiger partial charge in [0, 0.05) is 23.3 Å². The summed E-state index contributed by atoms with van der Waals surface area (Å²) in [6.45, 7) is 6.76. The van der Waals surface area contributed by atoms with Crippen LogP contribution in [0.2, 0.25) is 5.02 Å². The fourth-order valence-electron chi connectivity index (χ4n) is 2.55. The van der Waals surface area contributed by atoms with Crippen molar-refractivity contribution in [2.45, 2.75) is 39.3 Å². The van der Waals surface area contributed by atoms with Crippen LogP contribution in [0.5, 0.6) is 0 Å². The first-order valence-electron chi connectivity index (χ1n) is 6.36. The Hall–Kier alpha value is -0.730. The number of nitrogens with zero attached hydrogens (tertiary/aromatic N) is 1. The highest BCUT2D eigenvalue weighted by Crippen LogP contribution is 2.27. The van der Waals surface area contributed by atoms with Crippen molar-refractivity contribution in [3.8, 4) is 0 Å². The molecule has 94 valence electrons. The second-order valence-electron chi connectivity index (χ2n) is 5.18. The van der Waals surface area contributed by atoms with Crippen molar-refractivity contribution >= 4 is 17.3 Å². The molecule has 1 aromatic rings. The predicted molar refractivity (Wildman–Crippen MR) is 74.1 cm³/mol. The van der Waals surface area contributed by atoms with E-state index in [9.17, 15) is 0 Å². The summed E-state index contributed by atoms with van der Waals surface area (Å²) in [5.41, 5.74) is 7.63. The lowest BCUT2D eigenvalue weighted by Crippen LogP contribution is -2.41. The summed E-state index contributed by atoms with van der Waals surface area (Å²) >= 11 is 6.23. The van der Waals surface area contributed by atoms with E-state index in [-0.39, 0.29) is 0 Å². The van der Waals surface area contributed by atoms with E-state index in [1.165, 1.54) is 24.9 Å². The van der Waals surface area contributed by atoms with Crippen LogP contribution in [0.25, 0.3) is 0 Å². The van der Waals surface area contributed by atoms with Gasteiger partial charge < -0.3 is 5.73 Å². The minimum atomic E-state index is 0.636. The van der Waals surface area contributed by atoms with Gasteiger partial charge in [-0.2, -0.15) is 0 Å². The molecule has 2 atom stereocenters. The molecule has 1 heterocycles. The highest BCUT2D eigenvalue weighted by Gasteiger charge is 2.24. The maximum Gasteiger partial charge on any atom is 0.0471 e. The molecule has 2 rings (SSSR count). The van der Waals surface area contributed by atoms with Gasteiger partial charge in [0.2, 0.25) is 0 Å². The molecule has 17 heavy (non-hydrogen) atoms. The average molecular weight is 253 g/mol. The number of hydrogen-bond donors (Lipinski definition) is 1. The van der Waals surface area contributed by atoms with Gasteiger partial charge in [-0.05, 0) is 49.9 Å². The number of hydrogen-bond acceptors (Lipinski definition) is 2. The van der Waals surface area contributed by atoms with Gasteiger partial charge in [-0.1, -0.05) is 24.6 Å². The van der Waals surface area contributed by atoms with Crippen molar-refractivity contribution in [3.63, 3.8) is 0 Å². The van der Waals surface area contributed by atoms with E-state index in [0.29, 0.717) is 6.04 Å². The number of rotatable bonds is 2. The Kier molecular flexibility index (Phi) is 3.95. The Labute approximate surface area is 109 Å². The molecule has 1 aliphatic heterocycles. The molecule has 0 aromatic heterocycles. The zero-order valence-corrected chi connectivity index (χ0v) is 11.4. The van der Waals surface area contributed by atoms with Gasteiger partial charge in [-0.25, -0.2) is 0 Å². The Bertz CT molecular complexity index is 392. The molecule has 2 nitrogen and oxygen atoms in total. The van der Waals surface area contributed by atoms with Crippen LogP contribution in [0.15, 0.2) is 18.2 Å². The minimum Gasteiger partial charge on any atom is -0.399 e. The summed E-state index contributed by atoms with van der Waals surface area (Å²) in [4.78, 5) is 2.52. The maximum absolute atomic E-state index is 6.23. The highest BCUT2D eigenvalue weighted by molar-refractivity contribution is 6.31. The summed E-state index contributed by atoms with van der Waals surface area (Å²) in [5, 5.41) is 0.787. The van der Waals surface area contributed by atoms with Gasteiger partial charge in [-0.3, -0.25) is 4.90 Å². The number of piperidine rings is 1. The number of nitrogens with two attached hydrogens (primary N) is 1. The molecule has 0 aliphatic carbocycles. The van der Waals surface area contributed by atoms with Gasteiger partial charge in [0.1, 0.15) is 0 Å². The minimum absolute atomic E-state index is 0.636. The van der Waals surface area contributed by atoms with E-state index < -0.39 is 0 Å². The fourth-order valence-corrected chi connectivity index (χ4v) is 2.80. The number of likely N-dealkylation sites (tertiary alicyclic amines) is 1. The molecule has 1 fully saturated rings. The van der Waals surface area contributed by atoms with E-state index in [1.807, 2.05) is 18.2 Å². The molecule has 0 radical (unpaired) electrons. The third-order valence-corrected chi connectivity index (χ3v) is 4.31. The zero-order chi connectivity index (χ0) is 12.4. The van der Waals surface area contributed by atoms with Crippen molar-refractivity contribution in [3.05, 3.63) is 28.8 Å². The first-order valence-corrected chi connectivity index (χ1v) is 6.73. The molecule has 0 spiro atoms. The number of benzene rings is 1. The summed E-state index contributed by atoms with van der Waals surface area (Å²) < 4.78 is 0. The largest absolute Gasteiger partial charge is 0.399 e. The molecule has 0 saturated carbocycles. The number of halogens is 1. The Morgan fingerprint density at radius 3 is 2.88 bits per heavy atom. The van der Waals surface area contributed by atoms with Gasteiger partial charge >= 0.3 is 0 Å². The van der Waals surface area contributed by atoms with Gasteiger partial charge in [0.15, 0.2) is 0 Å². The van der Waals surface area contributed by atoms with Crippen LogP contribution in [0.4, 0.5) is 5.69 Å². The average Bonchev–Trinajstić information content (AvgIpc) is 2.28. The van der Waals surface area contributed by atoms with E-state index in [4.69, 9.17) is 17.3 Å².